The lowest BCUT2D eigenvalue weighted by atomic mass is 9.87. The molecule has 1 heterocycles. The van der Waals surface area contributed by atoms with Gasteiger partial charge in [0, 0.05) is 17.7 Å². The maximum atomic E-state index is 13.9. The third-order valence-corrected chi connectivity index (χ3v) is 3.16. The molecule has 1 aromatic carbocycles. The lowest BCUT2D eigenvalue weighted by molar-refractivity contribution is -0.385. The summed E-state index contributed by atoms with van der Waals surface area (Å²) in [6.07, 6.45) is 1.15. The average Bonchev–Trinajstić information content (AvgIpc) is 2.51. The zero-order valence-electron chi connectivity index (χ0n) is 10.4. The molecule has 2 rings (SSSR count). The highest BCUT2D eigenvalue weighted by Crippen LogP contribution is 2.35. The first-order valence-corrected chi connectivity index (χ1v) is 5.85. The number of hydrogen-bond acceptors (Lipinski definition) is 5. The minimum atomic E-state index is -0.948. The molecule has 0 saturated heterocycles. The SMILES string of the molecule is C[C@@]1(c2cc([N+](=O)[O-])ccc2F)CCCOC(N)=N1. The molecular weight excluding hydrogens is 253 g/mol. The summed E-state index contributed by atoms with van der Waals surface area (Å²) in [5.74, 6) is -0.536. The molecule has 1 aromatic rings. The van der Waals surface area contributed by atoms with Crippen molar-refractivity contribution in [3.8, 4) is 0 Å². The number of amidine groups is 1. The summed E-state index contributed by atoms with van der Waals surface area (Å²) in [4.78, 5) is 14.4. The molecule has 1 atom stereocenters. The summed E-state index contributed by atoms with van der Waals surface area (Å²) in [6, 6.07) is 3.39. The zero-order chi connectivity index (χ0) is 14.0. The van der Waals surface area contributed by atoms with Crippen LogP contribution in [0.15, 0.2) is 23.2 Å². The fourth-order valence-corrected chi connectivity index (χ4v) is 2.16. The van der Waals surface area contributed by atoms with Crippen molar-refractivity contribution in [2.45, 2.75) is 25.3 Å². The van der Waals surface area contributed by atoms with Crippen molar-refractivity contribution in [2.75, 3.05) is 6.61 Å². The van der Waals surface area contributed by atoms with Gasteiger partial charge in [0.2, 0.25) is 0 Å². The molecule has 7 heteroatoms. The topological polar surface area (TPSA) is 90.8 Å². The van der Waals surface area contributed by atoms with E-state index in [0.29, 0.717) is 19.4 Å². The van der Waals surface area contributed by atoms with Crippen LogP contribution in [0.1, 0.15) is 25.3 Å². The number of rotatable bonds is 2. The highest BCUT2D eigenvalue weighted by molar-refractivity contribution is 5.72. The number of nitro benzene ring substituents is 1. The molecule has 1 aliphatic heterocycles. The first-order chi connectivity index (χ1) is 8.92. The monoisotopic (exact) mass is 267 g/mol. The summed E-state index contributed by atoms with van der Waals surface area (Å²) < 4.78 is 19.1. The molecule has 0 bridgehead atoms. The van der Waals surface area contributed by atoms with Gasteiger partial charge in [-0.25, -0.2) is 9.38 Å². The van der Waals surface area contributed by atoms with E-state index in [0.717, 1.165) is 12.1 Å². The van der Waals surface area contributed by atoms with Gasteiger partial charge in [0.05, 0.1) is 17.1 Å². The molecule has 2 N–H and O–H groups in total. The molecule has 0 unspecified atom stereocenters. The molecular formula is C12H14FN3O3. The Bertz CT molecular complexity index is 547. The Morgan fingerprint density at radius 1 is 1.58 bits per heavy atom. The number of benzene rings is 1. The predicted octanol–water partition coefficient (Wildman–Crippen LogP) is 2.07. The van der Waals surface area contributed by atoms with Crippen LogP contribution in [-0.4, -0.2) is 17.6 Å². The van der Waals surface area contributed by atoms with Crippen LogP contribution in [0.5, 0.6) is 0 Å². The molecule has 0 fully saturated rings. The Labute approximate surface area is 109 Å². The van der Waals surface area contributed by atoms with Gasteiger partial charge in [0.15, 0.2) is 0 Å². The van der Waals surface area contributed by atoms with E-state index in [-0.39, 0.29) is 17.3 Å². The van der Waals surface area contributed by atoms with E-state index in [9.17, 15) is 14.5 Å². The van der Waals surface area contributed by atoms with Gasteiger partial charge < -0.3 is 10.5 Å². The van der Waals surface area contributed by atoms with E-state index in [1.54, 1.807) is 6.92 Å². The summed E-state index contributed by atoms with van der Waals surface area (Å²) in [5, 5.41) is 10.8. The number of nitrogens with two attached hydrogens (primary N) is 1. The Morgan fingerprint density at radius 3 is 3.00 bits per heavy atom. The summed E-state index contributed by atoms with van der Waals surface area (Å²) >= 11 is 0. The van der Waals surface area contributed by atoms with Crippen LogP contribution in [0.25, 0.3) is 0 Å². The van der Waals surface area contributed by atoms with Gasteiger partial charge in [-0.15, -0.1) is 0 Å². The van der Waals surface area contributed by atoms with Crippen LogP contribution in [0, 0.1) is 15.9 Å². The number of non-ortho nitro benzene ring substituents is 1. The number of nitro groups is 1. The molecule has 0 amide bonds. The normalized spacial score (nSPS) is 23.2. The smallest absolute Gasteiger partial charge is 0.282 e. The lowest BCUT2D eigenvalue weighted by Crippen LogP contribution is -2.24. The van der Waals surface area contributed by atoms with Gasteiger partial charge in [-0.1, -0.05) is 0 Å². The molecule has 0 aliphatic carbocycles. The second-order valence-electron chi connectivity index (χ2n) is 4.60. The lowest BCUT2D eigenvalue weighted by Gasteiger charge is -2.24. The van der Waals surface area contributed by atoms with Crippen molar-refractivity contribution in [2.24, 2.45) is 10.7 Å². The first kappa shape index (κ1) is 13.3. The Hall–Kier alpha value is -2.18. The number of aliphatic imine (C=N–C) groups is 1. The van der Waals surface area contributed by atoms with Gasteiger partial charge in [-0.3, -0.25) is 10.1 Å². The summed E-state index contributed by atoms with van der Waals surface area (Å²) in [5.41, 5.74) is 4.61. The van der Waals surface area contributed by atoms with Crippen molar-refractivity contribution in [1.82, 2.24) is 0 Å². The molecule has 0 radical (unpaired) electrons. The molecule has 0 saturated carbocycles. The van der Waals surface area contributed by atoms with E-state index in [4.69, 9.17) is 10.5 Å². The average molecular weight is 267 g/mol. The summed E-state index contributed by atoms with van der Waals surface area (Å²) in [7, 11) is 0. The van der Waals surface area contributed by atoms with E-state index in [1.807, 2.05) is 0 Å². The minimum absolute atomic E-state index is 0.0223. The van der Waals surface area contributed by atoms with Gasteiger partial charge in [0.1, 0.15) is 5.82 Å². The Morgan fingerprint density at radius 2 is 2.32 bits per heavy atom. The predicted molar refractivity (Wildman–Crippen MR) is 67.2 cm³/mol. The minimum Gasteiger partial charge on any atom is -0.465 e. The molecule has 6 nitrogen and oxygen atoms in total. The Balaban J connectivity index is 2.52. The van der Waals surface area contributed by atoms with E-state index in [2.05, 4.69) is 4.99 Å². The maximum absolute atomic E-state index is 13.9. The fraction of sp³-hybridized carbons (Fsp3) is 0.417. The number of halogens is 1. The number of hydrogen-bond donors (Lipinski definition) is 1. The van der Waals surface area contributed by atoms with Crippen LogP contribution >= 0.6 is 0 Å². The largest absolute Gasteiger partial charge is 0.465 e. The molecule has 1 aliphatic rings. The van der Waals surface area contributed by atoms with Gasteiger partial charge in [-0.05, 0) is 25.8 Å². The fourth-order valence-electron chi connectivity index (χ4n) is 2.16. The maximum Gasteiger partial charge on any atom is 0.282 e. The highest BCUT2D eigenvalue weighted by Gasteiger charge is 2.32. The van der Waals surface area contributed by atoms with Gasteiger partial charge in [-0.2, -0.15) is 0 Å². The standard InChI is InChI=1S/C12H14FN3O3/c1-12(5-2-6-19-11(14)15-12)9-7-8(16(17)18)3-4-10(9)13/h3-4,7H,2,5-6H2,1H3,(H2,14,15)/t12-/m0/s1. The first-order valence-electron chi connectivity index (χ1n) is 5.85. The van der Waals surface area contributed by atoms with Crippen molar-refractivity contribution in [3.05, 3.63) is 39.7 Å². The van der Waals surface area contributed by atoms with Crippen LogP contribution in [0.2, 0.25) is 0 Å². The third-order valence-electron chi connectivity index (χ3n) is 3.16. The second kappa shape index (κ2) is 4.83. The van der Waals surface area contributed by atoms with Gasteiger partial charge in [0.25, 0.3) is 11.7 Å². The molecule has 19 heavy (non-hydrogen) atoms. The van der Waals surface area contributed by atoms with Crippen molar-refractivity contribution >= 4 is 11.7 Å². The van der Waals surface area contributed by atoms with Crippen LogP contribution in [-0.2, 0) is 10.3 Å². The molecule has 0 aromatic heterocycles. The number of ether oxygens (including phenoxy) is 1. The molecule has 102 valence electrons. The summed E-state index contributed by atoms with van der Waals surface area (Å²) in [6.45, 7) is 2.10. The van der Waals surface area contributed by atoms with Crippen molar-refractivity contribution < 1.29 is 14.1 Å². The van der Waals surface area contributed by atoms with E-state index in [1.165, 1.54) is 6.07 Å². The zero-order valence-corrected chi connectivity index (χ0v) is 10.4. The quantitative estimate of drug-likeness (QED) is 0.656. The second-order valence-corrected chi connectivity index (χ2v) is 4.60. The van der Waals surface area contributed by atoms with Crippen molar-refractivity contribution in [1.29, 1.82) is 0 Å². The third kappa shape index (κ3) is 2.64. The van der Waals surface area contributed by atoms with E-state index < -0.39 is 16.3 Å². The molecule has 0 spiro atoms. The highest BCUT2D eigenvalue weighted by atomic mass is 19.1. The van der Waals surface area contributed by atoms with Gasteiger partial charge >= 0.3 is 0 Å². The van der Waals surface area contributed by atoms with Crippen LogP contribution < -0.4 is 5.73 Å². The number of nitrogens with zero attached hydrogens (tertiary/aromatic N) is 2. The van der Waals surface area contributed by atoms with Crippen LogP contribution in [0.4, 0.5) is 10.1 Å². The van der Waals surface area contributed by atoms with Crippen LogP contribution in [0.3, 0.4) is 0 Å². The van der Waals surface area contributed by atoms with E-state index >= 15 is 0 Å². The Kier molecular flexibility index (Phi) is 3.37. The van der Waals surface area contributed by atoms with Crippen molar-refractivity contribution in [3.63, 3.8) is 0 Å².